The van der Waals surface area contributed by atoms with Gasteiger partial charge in [0.1, 0.15) is 0 Å². The number of hydrogen-bond donors (Lipinski definition) is 1. The lowest BCUT2D eigenvalue weighted by Crippen LogP contribution is -2.30. The van der Waals surface area contributed by atoms with E-state index in [0.717, 1.165) is 30.2 Å². The highest BCUT2D eigenvalue weighted by Gasteiger charge is 2.17. The van der Waals surface area contributed by atoms with Crippen molar-refractivity contribution in [2.75, 3.05) is 44.6 Å². The molecule has 172 valence electrons. The summed E-state index contributed by atoms with van der Waals surface area (Å²) in [6, 6.07) is 14.7. The molecule has 8 nitrogen and oxygen atoms in total. The number of nitrogens with zero attached hydrogens (tertiary/aromatic N) is 3. The minimum atomic E-state index is -0.294. The molecule has 1 fully saturated rings. The van der Waals surface area contributed by atoms with Crippen molar-refractivity contribution in [2.45, 2.75) is 19.3 Å². The normalized spacial score (nSPS) is 13.4. The predicted octanol–water partition coefficient (Wildman–Crippen LogP) is 4.41. The highest BCUT2D eigenvalue weighted by atomic mass is 16.5. The van der Waals surface area contributed by atoms with Gasteiger partial charge in [0.25, 0.3) is 5.91 Å². The average Bonchev–Trinajstić information content (AvgIpc) is 2.88. The lowest BCUT2D eigenvalue weighted by Gasteiger charge is -2.27. The Kier molecular flexibility index (Phi) is 6.92. The lowest BCUT2D eigenvalue weighted by atomic mass is 10.1. The summed E-state index contributed by atoms with van der Waals surface area (Å²) >= 11 is 0. The molecule has 0 saturated carbocycles. The molecule has 33 heavy (non-hydrogen) atoms. The van der Waals surface area contributed by atoms with E-state index >= 15 is 0 Å². The zero-order valence-electron chi connectivity index (χ0n) is 19.1. The molecule has 1 aliphatic heterocycles. The summed E-state index contributed by atoms with van der Waals surface area (Å²) in [7, 11) is 4.55. The fraction of sp³-hybridized carbons (Fsp3) is 0.320. The molecule has 0 aliphatic carbocycles. The van der Waals surface area contributed by atoms with Crippen LogP contribution in [-0.4, -0.2) is 50.5 Å². The smallest absolute Gasteiger partial charge is 0.255 e. The number of anilines is 2. The van der Waals surface area contributed by atoms with E-state index in [9.17, 15) is 4.79 Å². The Labute approximate surface area is 193 Å². The first-order valence-corrected chi connectivity index (χ1v) is 10.9. The number of hydrogen-bond acceptors (Lipinski definition) is 7. The fourth-order valence-corrected chi connectivity index (χ4v) is 3.94. The van der Waals surface area contributed by atoms with Gasteiger partial charge in [-0.05, 0) is 55.7 Å². The lowest BCUT2D eigenvalue weighted by molar-refractivity contribution is 0.102. The molecule has 1 aliphatic rings. The predicted molar refractivity (Wildman–Crippen MR) is 128 cm³/mol. The van der Waals surface area contributed by atoms with Crippen LogP contribution < -0.4 is 24.4 Å². The van der Waals surface area contributed by atoms with Crippen molar-refractivity contribution in [1.29, 1.82) is 0 Å². The molecule has 0 spiro atoms. The number of carbonyl (C=O) groups is 1. The van der Waals surface area contributed by atoms with Crippen LogP contribution in [0.1, 0.15) is 29.6 Å². The van der Waals surface area contributed by atoms with Crippen LogP contribution >= 0.6 is 0 Å². The molecule has 1 amide bonds. The minimum absolute atomic E-state index is 0.294. The number of benzene rings is 2. The average molecular weight is 449 g/mol. The van der Waals surface area contributed by atoms with Crippen LogP contribution in [0.5, 0.6) is 17.2 Å². The summed E-state index contributed by atoms with van der Waals surface area (Å²) in [5.41, 5.74) is 2.66. The summed E-state index contributed by atoms with van der Waals surface area (Å²) in [5, 5.41) is 11.8. The first-order valence-electron chi connectivity index (χ1n) is 10.9. The zero-order valence-corrected chi connectivity index (χ0v) is 19.1. The number of piperidine rings is 1. The Bertz CT molecular complexity index is 1090. The number of amides is 1. The third-order valence-corrected chi connectivity index (χ3v) is 5.67. The van der Waals surface area contributed by atoms with Gasteiger partial charge in [0.05, 0.1) is 27.0 Å². The maximum Gasteiger partial charge on any atom is 0.255 e. The molecule has 3 aromatic rings. The highest BCUT2D eigenvalue weighted by molar-refractivity contribution is 6.05. The Morgan fingerprint density at radius 3 is 2.21 bits per heavy atom. The summed E-state index contributed by atoms with van der Waals surface area (Å²) in [6.07, 6.45) is 3.66. The summed E-state index contributed by atoms with van der Waals surface area (Å²) in [5.74, 6) is 1.88. The van der Waals surface area contributed by atoms with Gasteiger partial charge in [-0.2, -0.15) is 0 Å². The first-order chi connectivity index (χ1) is 16.1. The first kappa shape index (κ1) is 22.4. The standard InChI is InChI=1S/C25H28N4O4/c1-31-21-15-18(16-22(32-2)24(21)33-3)25(30)26-19-9-7-8-17(14-19)20-10-11-23(28-27-20)29-12-5-4-6-13-29/h7-11,14-16H,4-6,12-13H2,1-3H3,(H,26,30). The van der Waals surface area contributed by atoms with Crippen molar-refractivity contribution in [3.05, 3.63) is 54.1 Å². The van der Waals surface area contributed by atoms with E-state index in [0.29, 0.717) is 28.5 Å². The van der Waals surface area contributed by atoms with Crippen LogP contribution in [0.4, 0.5) is 11.5 Å². The van der Waals surface area contributed by atoms with Gasteiger partial charge in [-0.3, -0.25) is 4.79 Å². The number of nitrogens with one attached hydrogen (secondary N) is 1. The Morgan fingerprint density at radius 1 is 0.879 bits per heavy atom. The van der Waals surface area contributed by atoms with E-state index < -0.39 is 0 Å². The summed E-state index contributed by atoms with van der Waals surface area (Å²) in [6.45, 7) is 2.05. The molecule has 0 atom stereocenters. The van der Waals surface area contributed by atoms with Gasteiger partial charge in [0, 0.05) is 29.9 Å². The minimum Gasteiger partial charge on any atom is -0.493 e. The van der Waals surface area contributed by atoms with Crippen LogP contribution in [-0.2, 0) is 0 Å². The maximum atomic E-state index is 12.9. The number of methoxy groups -OCH3 is 3. The molecule has 0 unspecified atom stereocenters. The molecule has 2 heterocycles. The second-order valence-corrected chi connectivity index (χ2v) is 7.77. The summed E-state index contributed by atoms with van der Waals surface area (Å²) < 4.78 is 16.0. The molecule has 2 aromatic carbocycles. The van der Waals surface area contributed by atoms with Crippen LogP contribution in [0.3, 0.4) is 0 Å². The van der Waals surface area contributed by atoms with Crippen molar-refractivity contribution < 1.29 is 19.0 Å². The summed E-state index contributed by atoms with van der Waals surface area (Å²) in [4.78, 5) is 15.2. The fourth-order valence-electron chi connectivity index (χ4n) is 3.94. The van der Waals surface area contributed by atoms with Crippen molar-refractivity contribution in [1.82, 2.24) is 10.2 Å². The molecule has 4 rings (SSSR count). The van der Waals surface area contributed by atoms with Gasteiger partial charge in [-0.1, -0.05) is 12.1 Å². The third kappa shape index (κ3) is 5.00. The monoisotopic (exact) mass is 448 g/mol. The van der Waals surface area contributed by atoms with Crippen LogP contribution in [0.25, 0.3) is 11.3 Å². The Morgan fingerprint density at radius 2 is 1.61 bits per heavy atom. The molecular weight excluding hydrogens is 420 g/mol. The second-order valence-electron chi connectivity index (χ2n) is 7.77. The SMILES string of the molecule is COc1cc(C(=O)Nc2cccc(-c3ccc(N4CCCCC4)nn3)c2)cc(OC)c1OC. The van der Waals surface area contributed by atoms with Gasteiger partial charge in [-0.15, -0.1) is 10.2 Å². The number of aromatic nitrogens is 2. The molecule has 0 bridgehead atoms. The Balaban J connectivity index is 1.52. The molecule has 1 aromatic heterocycles. The highest BCUT2D eigenvalue weighted by Crippen LogP contribution is 2.38. The van der Waals surface area contributed by atoms with E-state index in [1.165, 1.54) is 40.6 Å². The Hall–Kier alpha value is -3.81. The van der Waals surface area contributed by atoms with Crippen LogP contribution in [0, 0.1) is 0 Å². The van der Waals surface area contributed by atoms with E-state index in [-0.39, 0.29) is 5.91 Å². The van der Waals surface area contributed by atoms with Gasteiger partial charge in [0.2, 0.25) is 5.75 Å². The molecule has 1 saturated heterocycles. The van der Waals surface area contributed by atoms with Gasteiger partial charge in [-0.25, -0.2) is 0 Å². The van der Waals surface area contributed by atoms with Gasteiger partial charge in [0.15, 0.2) is 17.3 Å². The number of ether oxygens (including phenoxy) is 3. The second kappa shape index (κ2) is 10.2. The van der Waals surface area contributed by atoms with E-state index in [1.54, 1.807) is 12.1 Å². The van der Waals surface area contributed by atoms with Crippen molar-refractivity contribution in [2.24, 2.45) is 0 Å². The number of rotatable bonds is 7. The van der Waals surface area contributed by atoms with Crippen molar-refractivity contribution in [3.63, 3.8) is 0 Å². The largest absolute Gasteiger partial charge is 0.493 e. The van der Waals surface area contributed by atoms with E-state index in [1.807, 2.05) is 36.4 Å². The molecule has 1 N–H and O–H groups in total. The molecule has 8 heteroatoms. The quantitative estimate of drug-likeness (QED) is 0.573. The zero-order chi connectivity index (χ0) is 23.2. The van der Waals surface area contributed by atoms with Crippen LogP contribution in [0.2, 0.25) is 0 Å². The third-order valence-electron chi connectivity index (χ3n) is 5.67. The van der Waals surface area contributed by atoms with Gasteiger partial charge >= 0.3 is 0 Å². The van der Waals surface area contributed by atoms with Crippen LogP contribution in [0.15, 0.2) is 48.5 Å². The van der Waals surface area contributed by atoms with Crippen molar-refractivity contribution in [3.8, 4) is 28.5 Å². The molecule has 0 radical (unpaired) electrons. The van der Waals surface area contributed by atoms with E-state index in [4.69, 9.17) is 14.2 Å². The van der Waals surface area contributed by atoms with Crippen molar-refractivity contribution >= 4 is 17.4 Å². The van der Waals surface area contributed by atoms with Gasteiger partial charge < -0.3 is 24.4 Å². The number of carbonyl (C=O) groups excluding carboxylic acids is 1. The molecular formula is C25H28N4O4. The maximum absolute atomic E-state index is 12.9. The topological polar surface area (TPSA) is 85.8 Å². The van der Waals surface area contributed by atoms with E-state index in [2.05, 4.69) is 20.4 Å².